The van der Waals surface area contributed by atoms with E-state index in [9.17, 15) is 9.59 Å². The van der Waals surface area contributed by atoms with E-state index in [1.54, 1.807) is 42.5 Å². The SMILES string of the molecule is COc1ccc2nccc(CCNCC[C@@H]3CN(c4ccc5c(c4)NC(=O)CO5)C(=O)O3)c2n1. The molecule has 0 radical (unpaired) electrons. The molecule has 0 saturated carbocycles. The molecular weight excluding hydrogens is 438 g/mol. The van der Waals surface area contributed by atoms with Gasteiger partial charge in [-0.05, 0) is 61.8 Å². The minimum atomic E-state index is -0.392. The molecule has 1 atom stereocenters. The summed E-state index contributed by atoms with van der Waals surface area (Å²) in [4.78, 5) is 34.4. The number of hydrogen-bond donors (Lipinski definition) is 2. The smallest absolute Gasteiger partial charge is 0.414 e. The minimum absolute atomic E-state index is 0.00470. The van der Waals surface area contributed by atoms with Crippen LogP contribution in [0.5, 0.6) is 11.6 Å². The van der Waals surface area contributed by atoms with Gasteiger partial charge in [0.2, 0.25) is 5.88 Å². The maximum Gasteiger partial charge on any atom is 0.414 e. The molecule has 2 aromatic heterocycles. The maximum absolute atomic E-state index is 12.4. The van der Waals surface area contributed by atoms with Crippen molar-refractivity contribution in [1.82, 2.24) is 15.3 Å². The highest BCUT2D eigenvalue weighted by molar-refractivity contribution is 5.97. The Balaban J connectivity index is 1.12. The van der Waals surface area contributed by atoms with Crippen LogP contribution >= 0.6 is 0 Å². The predicted octanol–water partition coefficient (Wildman–Crippen LogP) is 2.52. The third-order valence-electron chi connectivity index (χ3n) is 5.85. The first kappa shape index (κ1) is 21.9. The first-order valence-corrected chi connectivity index (χ1v) is 11.1. The van der Waals surface area contributed by atoms with E-state index in [1.807, 2.05) is 12.1 Å². The Bertz CT molecular complexity index is 1230. The minimum Gasteiger partial charge on any atom is -0.482 e. The molecule has 3 aromatic rings. The van der Waals surface area contributed by atoms with Crippen molar-refractivity contribution in [2.24, 2.45) is 0 Å². The van der Waals surface area contributed by atoms with Gasteiger partial charge in [0, 0.05) is 18.0 Å². The monoisotopic (exact) mass is 463 g/mol. The van der Waals surface area contributed by atoms with Crippen molar-refractivity contribution >= 4 is 34.4 Å². The van der Waals surface area contributed by atoms with Gasteiger partial charge in [0.15, 0.2) is 6.61 Å². The number of hydrogen-bond acceptors (Lipinski definition) is 8. The summed E-state index contributed by atoms with van der Waals surface area (Å²) in [6.45, 7) is 1.91. The zero-order valence-electron chi connectivity index (χ0n) is 18.7. The van der Waals surface area contributed by atoms with E-state index in [0.717, 1.165) is 29.6 Å². The van der Waals surface area contributed by atoms with Gasteiger partial charge in [0.25, 0.3) is 5.91 Å². The van der Waals surface area contributed by atoms with E-state index in [2.05, 4.69) is 20.6 Å². The van der Waals surface area contributed by atoms with Gasteiger partial charge in [-0.15, -0.1) is 0 Å². The molecule has 4 heterocycles. The summed E-state index contributed by atoms with van der Waals surface area (Å²) in [6, 6.07) is 11.0. The standard InChI is InChI=1S/C24H25N5O5/c1-32-22-5-3-18-23(28-22)15(7-11-26-18)6-9-25-10-8-17-13-29(24(31)34-17)16-2-4-20-19(12-16)27-21(30)14-33-20/h2-5,7,11-12,17,25H,6,8-10,13-14H2,1H3,(H,27,30)/t17-/m1/s1. The molecule has 10 heteroatoms. The normalized spacial score (nSPS) is 17.2. The quantitative estimate of drug-likeness (QED) is 0.490. The summed E-state index contributed by atoms with van der Waals surface area (Å²) in [5.74, 6) is 0.940. The molecule has 2 amide bonds. The molecule has 2 N–H and O–H groups in total. The third-order valence-corrected chi connectivity index (χ3v) is 5.85. The number of carbonyl (C=O) groups is 2. The molecule has 1 saturated heterocycles. The van der Waals surface area contributed by atoms with Crippen molar-refractivity contribution in [3.8, 4) is 11.6 Å². The fourth-order valence-corrected chi connectivity index (χ4v) is 4.11. The number of rotatable bonds is 8. The number of nitrogens with zero attached hydrogens (tertiary/aromatic N) is 3. The van der Waals surface area contributed by atoms with E-state index in [4.69, 9.17) is 14.2 Å². The summed E-state index contributed by atoms with van der Waals surface area (Å²) in [7, 11) is 1.60. The Hall–Kier alpha value is -3.92. The lowest BCUT2D eigenvalue weighted by Crippen LogP contribution is -2.28. The lowest BCUT2D eigenvalue weighted by atomic mass is 10.1. The number of methoxy groups -OCH3 is 1. The summed E-state index contributed by atoms with van der Waals surface area (Å²) < 4.78 is 16.1. The largest absolute Gasteiger partial charge is 0.482 e. The Morgan fingerprint density at radius 3 is 3.00 bits per heavy atom. The van der Waals surface area contributed by atoms with Crippen molar-refractivity contribution in [2.75, 3.05) is 43.6 Å². The number of nitrogens with one attached hydrogen (secondary N) is 2. The molecule has 34 heavy (non-hydrogen) atoms. The van der Waals surface area contributed by atoms with Gasteiger partial charge in [-0.25, -0.2) is 9.78 Å². The lowest BCUT2D eigenvalue weighted by molar-refractivity contribution is -0.118. The van der Waals surface area contributed by atoms with Crippen molar-refractivity contribution in [3.63, 3.8) is 0 Å². The van der Waals surface area contributed by atoms with Crippen LogP contribution in [0.15, 0.2) is 42.6 Å². The molecule has 2 aliphatic rings. The van der Waals surface area contributed by atoms with Crippen LogP contribution in [0.25, 0.3) is 11.0 Å². The molecule has 176 valence electrons. The molecule has 2 aliphatic heterocycles. The molecular formula is C24H25N5O5. The highest BCUT2D eigenvalue weighted by Crippen LogP contribution is 2.33. The van der Waals surface area contributed by atoms with E-state index in [-0.39, 0.29) is 18.6 Å². The molecule has 0 unspecified atom stereocenters. The van der Waals surface area contributed by atoms with E-state index >= 15 is 0 Å². The van der Waals surface area contributed by atoms with Gasteiger partial charge < -0.3 is 24.8 Å². The van der Waals surface area contributed by atoms with Gasteiger partial charge in [-0.3, -0.25) is 14.7 Å². The fraction of sp³-hybridized carbons (Fsp3) is 0.333. The van der Waals surface area contributed by atoms with Gasteiger partial charge >= 0.3 is 6.09 Å². The van der Waals surface area contributed by atoms with Crippen molar-refractivity contribution in [3.05, 3.63) is 48.2 Å². The summed E-state index contributed by atoms with van der Waals surface area (Å²) in [5.41, 5.74) is 4.00. The molecule has 1 fully saturated rings. The zero-order valence-corrected chi connectivity index (χ0v) is 18.7. The highest BCUT2D eigenvalue weighted by Gasteiger charge is 2.32. The van der Waals surface area contributed by atoms with E-state index < -0.39 is 6.09 Å². The summed E-state index contributed by atoms with van der Waals surface area (Å²) in [6.07, 6.45) is 2.66. The molecule has 0 spiro atoms. The van der Waals surface area contributed by atoms with Crippen LogP contribution in [-0.4, -0.2) is 61.4 Å². The number of aromatic nitrogens is 2. The first-order valence-electron chi connectivity index (χ1n) is 11.1. The summed E-state index contributed by atoms with van der Waals surface area (Å²) in [5, 5.41) is 6.18. The first-order chi connectivity index (χ1) is 16.6. The predicted molar refractivity (Wildman–Crippen MR) is 125 cm³/mol. The second-order valence-corrected chi connectivity index (χ2v) is 8.11. The average molecular weight is 463 g/mol. The molecule has 0 aliphatic carbocycles. The third kappa shape index (κ3) is 4.58. The topological polar surface area (TPSA) is 115 Å². The van der Waals surface area contributed by atoms with Gasteiger partial charge in [-0.1, -0.05) is 0 Å². The van der Waals surface area contributed by atoms with Crippen LogP contribution in [0.4, 0.5) is 16.2 Å². The van der Waals surface area contributed by atoms with E-state index in [1.165, 1.54) is 0 Å². The second kappa shape index (κ2) is 9.52. The summed E-state index contributed by atoms with van der Waals surface area (Å²) >= 11 is 0. The number of pyridine rings is 2. The number of fused-ring (bicyclic) bond motifs is 2. The van der Waals surface area contributed by atoms with Crippen molar-refractivity contribution in [2.45, 2.75) is 18.9 Å². The Kier molecular flexibility index (Phi) is 6.13. The van der Waals surface area contributed by atoms with Gasteiger partial charge in [0.05, 0.1) is 30.4 Å². The molecule has 10 nitrogen and oxygen atoms in total. The lowest BCUT2D eigenvalue weighted by Gasteiger charge is -2.20. The Labute approximate surface area is 196 Å². The van der Waals surface area contributed by atoms with Crippen LogP contribution < -0.4 is 25.0 Å². The van der Waals surface area contributed by atoms with Crippen LogP contribution in [0.1, 0.15) is 12.0 Å². The number of amides is 2. The fourth-order valence-electron chi connectivity index (χ4n) is 4.11. The van der Waals surface area contributed by atoms with Crippen molar-refractivity contribution in [1.29, 1.82) is 0 Å². The zero-order chi connectivity index (χ0) is 23.5. The van der Waals surface area contributed by atoms with E-state index in [0.29, 0.717) is 42.5 Å². The van der Waals surface area contributed by atoms with Crippen molar-refractivity contribution < 1.29 is 23.8 Å². The van der Waals surface area contributed by atoms with Crippen LogP contribution in [0.3, 0.4) is 0 Å². The molecule has 1 aromatic carbocycles. The average Bonchev–Trinajstić information content (AvgIpc) is 3.23. The Morgan fingerprint density at radius 2 is 2.12 bits per heavy atom. The second-order valence-electron chi connectivity index (χ2n) is 8.11. The number of cyclic esters (lactones) is 1. The molecule has 5 rings (SSSR count). The number of carbonyl (C=O) groups excluding carboxylic acids is 2. The highest BCUT2D eigenvalue weighted by atomic mass is 16.6. The van der Waals surface area contributed by atoms with Gasteiger partial charge in [-0.2, -0.15) is 0 Å². The van der Waals surface area contributed by atoms with Crippen LogP contribution in [-0.2, 0) is 16.0 Å². The number of anilines is 2. The molecule has 0 bridgehead atoms. The van der Waals surface area contributed by atoms with Gasteiger partial charge in [0.1, 0.15) is 11.9 Å². The van der Waals surface area contributed by atoms with Crippen LogP contribution in [0.2, 0.25) is 0 Å². The van der Waals surface area contributed by atoms with Crippen LogP contribution in [0, 0.1) is 0 Å². The Morgan fingerprint density at radius 1 is 1.21 bits per heavy atom. The number of ether oxygens (including phenoxy) is 3. The number of benzene rings is 1. The maximum atomic E-state index is 12.4.